The fraction of sp³-hybridized carbons (Fsp3) is 0.400. The highest BCUT2D eigenvalue weighted by Gasteiger charge is 2.08. The number of carbonyl (C=O) groups excluding carboxylic acids is 1. The summed E-state index contributed by atoms with van der Waals surface area (Å²) in [6.07, 6.45) is 6.91. The zero-order chi connectivity index (χ0) is 13.0. The number of rotatable bonds is 4. The van der Waals surface area contributed by atoms with E-state index < -0.39 is 0 Å². The molecule has 0 bridgehead atoms. The van der Waals surface area contributed by atoms with Gasteiger partial charge in [0.2, 0.25) is 0 Å². The largest absolute Gasteiger partial charge is 0.399 e. The van der Waals surface area contributed by atoms with E-state index in [1.54, 1.807) is 12.1 Å². The van der Waals surface area contributed by atoms with Gasteiger partial charge in [-0.3, -0.25) is 4.79 Å². The summed E-state index contributed by atoms with van der Waals surface area (Å²) in [6, 6.07) is 5.38. The van der Waals surface area contributed by atoms with Crippen LogP contribution in [0.2, 0.25) is 0 Å². The molecule has 3 nitrogen and oxygen atoms in total. The van der Waals surface area contributed by atoms with Crippen molar-refractivity contribution in [2.45, 2.75) is 32.6 Å². The number of anilines is 1. The van der Waals surface area contributed by atoms with Crippen molar-refractivity contribution >= 4 is 11.6 Å². The van der Waals surface area contributed by atoms with Gasteiger partial charge in [0.15, 0.2) is 0 Å². The summed E-state index contributed by atoms with van der Waals surface area (Å²) in [4.78, 5) is 11.9. The Kier molecular flexibility index (Phi) is 4.03. The van der Waals surface area contributed by atoms with Crippen LogP contribution < -0.4 is 11.1 Å². The maximum Gasteiger partial charge on any atom is 0.251 e. The quantitative estimate of drug-likeness (QED) is 0.632. The lowest BCUT2D eigenvalue weighted by Gasteiger charge is -2.07. The van der Waals surface area contributed by atoms with Gasteiger partial charge in [-0.15, -0.1) is 0 Å². The Labute approximate surface area is 108 Å². The Morgan fingerprint density at radius 2 is 2.28 bits per heavy atom. The van der Waals surface area contributed by atoms with E-state index in [9.17, 15) is 4.79 Å². The molecule has 1 aromatic carbocycles. The first-order valence-electron chi connectivity index (χ1n) is 6.49. The molecule has 2 rings (SSSR count). The molecule has 3 heteroatoms. The lowest BCUT2D eigenvalue weighted by Crippen LogP contribution is -2.24. The standard InChI is InChI=1S/C15H20N2O/c1-11-10-13(6-7-14(11)16)15(18)17-9-8-12-4-2-3-5-12/h4,6-7,10H,2-3,5,8-9,16H2,1H3,(H,17,18). The van der Waals surface area contributed by atoms with Crippen molar-refractivity contribution in [3.63, 3.8) is 0 Å². The molecule has 0 fully saturated rings. The van der Waals surface area contributed by atoms with Gasteiger partial charge in [0.05, 0.1) is 0 Å². The monoisotopic (exact) mass is 244 g/mol. The Balaban J connectivity index is 1.85. The summed E-state index contributed by atoms with van der Waals surface area (Å²) < 4.78 is 0. The van der Waals surface area contributed by atoms with E-state index in [4.69, 9.17) is 5.73 Å². The van der Waals surface area contributed by atoms with Crippen molar-refractivity contribution in [2.24, 2.45) is 0 Å². The molecule has 1 aliphatic carbocycles. The minimum atomic E-state index is -0.0169. The molecule has 0 radical (unpaired) electrons. The SMILES string of the molecule is Cc1cc(C(=O)NCCC2=CCCC2)ccc1N. The first kappa shape index (κ1) is 12.7. The van der Waals surface area contributed by atoms with Crippen LogP contribution >= 0.6 is 0 Å². The highest BCUT2D eigenvalue weighted by Crippen LogP contribution is 2.19. The third-order valence-electron chi connectivity index (χ3n) is 3.40. The van der Waals surface area contributed by atoms with E-state index in [0.717, 1.165) is 17.7 Å². The molecule has 0 unspecified atom stereocenters. The lowest BCUT2D eigenvalue weighted by atomic mass is 10.1. The van der Waals surface area contributed by atoms with Crippen LogP contribution in [0.3, 0.4) is 0 Å². The number of allylic oxidation sites excluding steroid dienone is 1. The summed E-state index contributed by atoms with van der Waals surface area (Å²) in [7, 11) is 0. The van der Waals surface area contributed by atoms with E-state index >= 15 is 0 Å². The molecule has 96 valence electrons. The van der Waals surface area contributed by atoms with Crippen LogP contribution in [0.1, 0.15) is 41.6 Å². The molecule has 0 saturated carbocycles. The van der Waals surface area contributed by atoms with Crippen molar-refractivity contribution in [3.05, 3.63) is 41.0 Å². The molecule has 0 saturated heterocycles. The average molecular weight is 244 g/mol. The zero-order valence-corrected chi connectivity index (χ0v) is 10.8. The second-order valence-corrected chi connectivity index (χ2v) is 4.83. The second kappa shape index (κ2) is 5.71. The van der Waals surface area contributed by atoms with Crippen molar-refractivity contribution < 1.29 is 4.79 Å². The predicted molar refractivity (Wildman–Crippen MR) is 74.5 cm³/mol. The summed E-state index contributed by atoms with van der Waals surface area (Å²) >= 11 is 0. The molecule has 0 heterocycles. The number of hydrogen-bond donors (Lipinski definition) is 2. The summed E-state index contributed by atoms with van der Waals surface area (Å²) in [5.74, 6) is -0.0169. The van der Waals surface area contributed by atoms with Gasteiger partial charge in [0, 0.05) is 17.8 Å². The maximum atomic E-state index is 11.9. The number of amides is 1. The minimum Gasteiger partial charge on any atom is -0.399 e. The number of aryl methyl sites for hydroxylation is 1. The normalized spacial score (nSPS) is 14.4. The van der Waals surface area contributed by atoms with Crippen molar-refractivity contribution in [2.75, 3.05) is 12.3 Å². The smallest absolute Gasteiger partial charge is 0.251 e. The van der Waals surface area contributed by atoms with Gasteiger partial charge in [-0.25, -0.2) is 0 Å². The van der Waals surface area contributed by atoms with Crippen LogP contribution in [0.25, 0.3) is 0 Å². The fourth-order valence-electron chi connectivity index (χ4n) is 2.22. The number of nitrogen functional groups attached to an aromatic ring is 1. The van der Waals surface area contributed by atoms with Crippen molar-refractivity contribution in [1.29, 1.82) is 0 Å². The highest BCUT2D eigenvalue weighted by molar-refractivity contribution is 5.94. The molecule has 18 heavy (non-hydrogen) atoms. The Bertz CT molecular complexity index is 477. The molecule has 3 N–H and O–H groups in total. The van der Waals surface area contributed by atoms with Crippen molar-refractivity contribution in [3.8, 4) is 0 Å². The fourth-order valence-corrected chi connectivity index (χ4v) is 2.22. The van der Waals surface area contributed by atoms with Gasteiger partial charge in [0.25, 0.3) is 5.91 Å². The van der Waals surface area contributed by atoms with Crippen LogP contribution in [-0.4, -0.2) is 12.5 Å². The highest BCUT2D eigenvalue weighted by atomic mass is 16.1. The van der Waals surface area contributed by atoms with E-state index in [1.165, 1.54) is 24.8 Å². The lowest BCUT2D eigenvalue weighted by molar-refractivity contribution is 0.0954. The number of carbonyl (C=O) groups is 1. The van der Waals surface area contributed by atoms with Gasteiger partial charge in [-0.2, -0.15) is 0 Å². The average Bonchev–Trinajstić information content (AvgIpc) is 2.85. The van der Waals surface area contributed by atoms with Crippen LogP contribution in [0.15, 0.2) is 29.8 Å². The third kappa shape index (κ3) is 3.13. The first-order chi connectivity index (χ1) is 8.66. The summed E-state index contributed by atoms with van der Waals surface area (Å²) in [5, 5.41) is 2.95. The van der Waals surface area contributed by atoms with Crippen molar-refractivity contribution in [1.82, 2.24) is 5.32 Å². The Hall–Kier alpha value is -1.77. The number of hydrogen-bond acceptors (Lipinski definition) is 2. The van der Waals surface area contributed by atoms with Crippen LogP contribution in [0.5, 0.6) is 0 Å². The van der Waals surface area contributed by atoms with E-state index in [1.807, 2.05) is 13.0 Å². The number of benzene rings is 1. The molecular weight excluding hydrogens is 224 g/mol. The minimum absolute atomic E-state index is 0.0169. The van der Waals surface area contributed by atoms with Gasteiger partial charge in [0.1, 0.15) is 0 Å². The maximum absolute atomic E-state index is 11.9. The molecule has 1 amide bonds. The summed E-state index contributed by atoms with van der Waals surface area (Å²) in [5.41, 5.74) is 9.56. The van der Waals surface area contributed by atoms with Gasteiger partial charge >= 0.3 is 0 Å². The molecule has 0 aromatic heterocycles. The van der Waals surface area contributed by atoms with E-state index in [-0.39, 0.29) is 5.91 Å². The number of nitrogens with two attached hydrogens (primary N) is 1. The molecule has 1 aliphatic rings. The molecular formula is C15H20N2O. The molecule has 1 aromatic rings. The van der Waals surface area contributed by atoms with Gasteiger partial charge in [-0.05, 0) is 56.4 Å². The van der Waals surface area contributed by atoms with Crippen LogP contribution in [-0.2, 0) is 0 Å². The molecule has 0 atom stereocenters. The van der Waals surface area contributed by atoms with Gasteiger partial charge < -0.3 is 11.1 Å². The topological polar surface area (TPSA) is 55.1 Å². The second-order valence-electron chi connectivity index (χ2n) is 4.83. The summed E-state index contributed by atoms with van der Waals surface area (Å²) in [6.45, 7) is 2.63. The molecule has 0 aliphatic heterocycles. The number of nitrogens with one attached hydrogen (secondary N) is 1. The van der Waals surface area contributed by atoms with E-state index in [2.05, 4.69) is 11.4 Å². The zero-order valence-electron chi connectivity index (χ0n) is 10.8. The first-order valence-corrected chi connectivity index (χ1v) is 6.49. The Morgan fingerprint density at radius 3 is 2.94 bits per heavy atom. The third-order valence-corrected chi connectivity index (χ3v) is 3.40. The van der Waals surface area contributed by atoms with Gasteiger partial charge in [-0.1, -0.05) is 11.6 Å². The van der Waals surface area contributed by atoms with Crippen LogP contribution in [0, 0.1) is 6.92 Å². The Morgan fingerprint density at radius 1 is 1.44 bits per heavy atom. The molecule has 0 spiro atoms. The van der Waals surface area contributed by atoms with Crippen LogP contribution in [0.4, 0.5) is 5.69 Å². The predicted octanol–water partition coefficient (Wildman–Crippen LogP) is 2.81. The van der Waals surface area contributed by atoms with E-state index in [0.29, 0.717) is 12.1 Å².